The third kappa shape index (κ3) is 3.48. The number of alkyl halides is 2. The first kappa shape index (κ1) is 15.9. The molecule has 0 N–H and O–H groups in total. The van der Waals surface area contributed by atoms with Crippen LogP contribution in [0.25, 0.3) is 23.0 Å². The molecule has 8 heteroatoms. The van der Waals surface area contributed by atoms with Gasteiger partial charge >= 0.3 is 6.61 Å². The molecule has 0 spiro atoms. The van der Waals surface area contributed by atoms with Crippen molar-refractivity contribution in [3.8, 4) is 34.5 Å². The lowest BCUT2D eigenvalue weighted by molar-refractivity contribution is -0.0514. The van der Waals surface area contributed by atoms with Crippen molar-refractivity contribution in [2.75, 3.05) is 6.61 Å². The van der Waals surface area contributed by atoms with E-state index in [1.165, 1.54) is 18.2 Å². The minimum atomic E-state index is -2.94. The largest absolute Gasteiger partial charge is 0.490 e. The fourth-order valence-corrected chi connectivity index (χ4v) is 2.04. The topological polar surface area (TPSA) is 70.3 Å². The summed E-state index contributed by atoms with van der Waals surface area (Å²) in [5.74, 6) is 0.602. The van der Waals surface area contributed by atoms with Gasteiger partial charge in [-0.2, -0.15) is 8.78 Å². The zero-order valence-corrected chi connectivity index (χ0v) is 12.6. The monoisotopic (exact) mass is 333 g/mol. The number of nitrogens with zero attached hydrogens (tertiary/aromatic N) is 3. The number of benzene rings is 1. The molecule has 24 heavy (non-hydrogen) atoms. The quantitative estimate of drug-likeness (QED) is 0.683. The number of ether oxygens (including phenoxy) is 2. The molecule has 3 rings (SSSR count). The molecular weight excluding hydrogens is 320 g/mol. The van der Waals surface area contributed by atoms with Crippen molar-refractivity contribution in [3.63, 3.8) is 0 Å². The smallest absolute Gasteiger partial charge is 0.387 e. The second-order valence-electron chi connectivity index (χ2n) is 4.60. The molecular formula is C16H13F2N3O3. The molecule has 0 aliphatic rings. The molecule has 2 aromatic heterocycles. The highest BCUT2D eigenvalue weighted by molar-refractivity contribution is 5.61. The molecule has 0 amide bonds. The lowest BCUT2D eigenvalue weighted by Crippen LogP contribution is -2.04. The van der Waals surface area contributed by atoms with Crippen LogP contribution in [-0.4, -0.2) is 28.4 Å². The molecule has 0 radical (unpaired) electrons. The standard InChI is InChI=1S/C16H13F2N3O3/c1-2-22-13-9-10(6-7-12(13)23-16(17)18)14-20-21-15(24-14)11-5-3-4-8-19-11/h3-9,16H,2H2,1H3. The highest BCUT2D eigenvalue weighted by atomic mass is 19.3. The van der Waals surface area contributed by atoms with Gasteiger partial charge in [0.15, 0.2) is 11.5 Å². The average Bonchev–Trinajstić information content (AvgIpc) is 3.07. The van der Waals surface area contributed by atoms with E-state index in [0.717, 1.165) is 0 Å². The summed E-state index contributed by atoms with van der Waals surface area (Å²) >= 11 is 0. The third-order valence-electron chi connectivity index (χ3n) is 3.02. The molecule has 0 atom stereocenters. The first-order chi connectivity index (χ1) is 11.7. The Morgan fingerprint density at radius 2 is 1.92 bits per heavy atom. The van der Waals surface area contributed by atoms with E-state index in [1.807, 2.05) is 0 Å². The van der Waals surface area contributed by atoms with E-state index < -0.39 is 6.61 Å². The molecule has 0 saturated heterocycles. The van der Waals surface area contributed by atoms with Crippen LogP contribution in [0.1, 0.15) is 6.92 Å². The number of hydrogen-bond donors (Lipinski definition) is 0. The Bertz CT molecular complexity index is 809. The lowest BCUT2D eigenvalue weighted by atomic mass is 10.2. The molecule has 0 aliphatic heterocycles. The van der Waals surface area contributed by atoms with Crippen LogP contribution in [0.2, 0.25) is 0 Å². The van der Waals surface area contributed by atoms with Crippen LogP contribution in [0, 0.1) is 0 Å². The summed E-state index contributed by atoms with van der Waals surface area (Å²) in [6, 6.07) is 9.74. The zero-order chi connectivity index (χ0) is 16.9. The van der Waals surface area contributed by atoms with Gasteiger partial charge in [-0.05, 0) is 37.3 Å². The van der Waals surface area contributed by atoms with Crippen molar-refractivity contribution in [1.82, 2.24) is 15.2 Å². The Morgan fingerprint density at radius 3 is 2.62 bits per heavy atom. The molecule has 6 nitrogen and oxygen atoms in total. The molecule has 0 fully saturated rings. The van der Waals surface area contributed by atoms with Gasteiger partial charge in [0.05, 0.1) is 6.61 Å². The van der Waals surface area contributed by atoms with E-state index in [2.05, 4.69) is 19.9 Å². The second-order valence-corrected chi connectivity index (χ2v) is 4.60. The summed E-state index contributed by atoms with van der Waals surface area (Å²) in [5, 5.41) is 7.89. The maximum atomic E-state index is 12.4. The molecule has 3 aromatic rings. The maximum absolute atomic E-state index is 12.4. The van der Waals surface area contributed by atoms with Crippen LogP contribution in [0.4, 0.5) is 8.78 Å². The van der Waals surface area contributed by atoms with E-state index in [-0.39, 0.29) is 23.3 Å². The van der Waals surface area contributed by atoms with E-state index >= 15 is 0 Å². The predicted octanol–water partition coefficient (Wildman–Crippen LogP) is 3.80. The predicted molar refractivity (Wildman–Crippen MR) is 80.8 cm³/mol. The molecule has 0 aliphatic carbocycles. The van der Waals surface area contributed by atoms with Gasteiger partial charge in [0, 0.05) is 11.8 Å². The van der Waals surface area contributed by atoms with Crippen molar-refractivity contribution in [3.05, 3.63) is 42.6 Å². The summed E-state index contributed by atoms with van der Waals surface area (Å²) in [5.41, 5.74) is 1.06. The molecule has 0 bridgehead atoms. The maximum Gasteiger partial charge on any atom is 0.387 e. The summed E-state index contributed by atoms with van der Waals surface area (Å²) < 4.78 is 40.2. The van der Waals surface area contributed by atoms with Crippen molar-refractivity contribution < 1.29 is 22.7 Å². The Hall–Kier alpha value is -3.03. The van der Waals surface area contributed by atoms with Crippen LogP contribution in [0.15, 0.2) is 47.0 Å². The average molecular weight is 333 g/mol. The van der Waals surface area contributed by atoms with E-state index in [9.17, 15) is 8.78 Å². The number of rotatable bonds is 6. The Balaban J connectivity index is 1.92. The van der Waals surface area contributed by atoms with Crippen LogP contribution < -0.4 is 9.47 Å². The van der Waals surface area contributed by atoms with E-state index in [1.54, 1.807) is 31.3 Å². The number of halogens is 2. The number of aromatic nitrogens is 3. The van der Waals surface area contributed by atoms with Crippen molar-refractivity contribution >= 4 is 0 Å². The number of hydrogen-bond acceptors (Lipinski definition) is 6. The van der Waals surface area contributed by atoms with E-state index in [4.69, 9.17) is 9.15 Å². The minimum absolute atomic E-state index is 0.0555. The number of pyridine rings is 1. The van der Waals surface area contributed by atoms with Crippen molar-refractivity contribution in [2.45, 2.75) is 13.5 Å². The van der Waals surface area contributed by atoms with Gasteiger partial charge in [-0.15, -0.1) is 10.2 Å². The van der Waals surface area contributed by atoms with Gasteiger partial charge in [-0.25, -0.2) is 0 Å². The Labute approximate surface area is 136 Å². The lowest BCUT2D eigenvalue weighted by Gasteiger charge is -2.11. The van der Waals surface area contributed by atoms with Gasteiger partial charge in [0.2, 0.25) is 5.89 Å². The van der Waals surface area contributed by atoms with E-state index in [0.29, 0.717) is 17.9 Å². The highest BCUT2D eigenvalue weighted by Gasteiger charge is 2.16. The molecule has 1 aromatic carbocycles. The van der Waals surface area contributed by atoms with Crippen LogP contribution in [0.5, 0.6) is 11.5 Å². The van der Waals surface area contributed by atoms with Crippen LogP contribution in [-0.2, 0) is 0 Å². The Kier molecular flexibility index (Phi) is 4.64. The first-order valence-corrected chi connectivity index (χ1v) is 7.14. The summed E-state index contributed by atoms with van der Waals surface area (Å²) in [7, 11) is 0. The summed E-state index contributed by atoms with van der Waals surface area (Å²) in [6.45, 7) is -0.897. The van der Waals surface area contributed by atoms with Gasteiger partial charge in [0.25, 0.3) is 5.89 Å². The molecule has 2 heterocycles. The van der Waals surface area contributed by atoms with Gasteiger partial charge in [-0.3, -0.25) is 4.98 Å². The summed E-state index contributed by atoms with van der Waals surface area (Å²) in [6.07, 6.45) is 1.61. The van der Waals surface area contributed by atoms with Crippen LogP contribution in [0.3, 0.4) is 0 Å². The van der Waals surface area contributed by atoms with Gasteiger partial charge < -0.3 is 13.9 Å². The highest BCUT2D eigenvalue weighted by Crippen LogP contribution is 2.34. The van der Waals surface area contributed by atoms with Crippen molar-refractivity contribution in [2.24, 2.45) is 0 Å². The third-order valence-corrected chi connectivity index (χ3v) is 3.02. The van der Waals surface area contributed by atoms with Crippen LogP contribution >= 0.6 is 0 Å². The fraction of sp³-hybridized carbons (Fsp3) is 0.188. The molecule has 124 valence electrons. The summed E-state index contributed by atoms with van der Waals surface area (Å²) in [4.78, 5) is 4.13. The first-order valence-electron chi connectivity index (χ1n) is 7.14. The second kappa shape index (κ2) is 7.03. The van der Waals surface area contributed by atoms with Gasteiger partial charge in [-0.1, -0.05) is 6.07 Å². The zero-order valence-electron chi connectivity index (χ0n) is 12.6. The fourth-order valence-electron chi connectivity index (χ4n) is 2.04. The molecule has 0 saturated carbocycles. The molecule has 0 unspecified atom stereocenters. The SMILES string of the molecule is CCOc1cc(-c2nnc(-c3ccccn3)o2)ccc1OC(F)F. The van der Waals surface area contributed by atoms with Crippen molar-refractivity contribution in [1.29, 1.82) is 0 Å². The Morgan fingerprint density at radius 1 is 1.08 bits per heavy atom. The minimum Gasteiger partial charge on any atom is -0.490 e. The normalized spacial score (nSPS) is 10.8. The van der Waals surface area contributed by atoms with Gasteiger partial charge in [0.1, 0.15) is 5.69 Å².